The fourth-order valence-electron chi connectivity index (χ4n) is 4.95. The van der Waals surface area contributed by atoms with Gasteiger partial charge in [-0.1, -0.05) is 36.8 Å². The van der Waals surface area contributed by atoms with E-state index in [-0.39, 0.29) is 49.6 Å². The van der Waals surface area contributed by atoms with Crippen molar-refractivity contribution in [2.24, 2.45) is 5.92 Å². The number of nitrogens with zero attached hydrogens (tertiary/aromatic N) is 2. The number of methoxy groups -OCH3 is 1. The maximum Gasteiger partial charge on any atom is 0.249 e. The molecule has 1 saturated carbocycles. The Balaban J connectivity index is 1.49. The molecule has 1 aromatic rings. The predicted molar refractivity (Wildman–Crippen MR) is 108 cm³/mol. The molecule has 2 amide bonds. The number of carbonyl (C=O) groups is 2. The number of benzene rings is 1. The van der Waals surface area contributed by atoms with Crippen LogP contribution in [0.4, 0.5) is 0 Å². The van der Waals surface area contributed by atoms with Crippen LogP contribution in [0.3, 0.4) is 0 Å². The molecule has 4 rings (SSSR count). The number of hydrogen-bond donors (Lipinski definition) is 1. The highest BCUT2D eigenvalue weighted by molar-refractivity contribution is 5.88. The molecule has 6 nitrogen and oxygen atoms in total. The van der Waals surface area contributed by atoms with Gasteiger partial charge >= 0.3 is 0 Å². The summed E-state index contributed by atoms with van der Waals surface area (Å²) in [4.78, 5) is 28.1. The average molecular weight is 396 g/mol. The maximum atomic E-state index is 12.5. The number of piperazine rings is 1. The number of fused-ring (bicyclic) bond motifs is 1. The summed E-state index contributed by atoms with van der Waals surface area (Å²) in [6, 6.07) is 7.79. The summed E-state index contributed by atoms with van der Waals surface area (Å²) in [5.41, 5.74) is 2.07. The molecule has 6 heteroatoms. The molecule has 0 bridgehead atoms. The van der Waals surface area contributed by atoms with Gasteiger partial charge in [-0.3, -0.25) is 9.59 Å². The molecule has 0 spiro atoms. The first-order valence-electron chi connectivity index (χ1n) is 10.4. The van der Waals surface area contributed by atoms with Gasteiger partial charge in [0.25, 0.3) is 0 Å². The second kappa shape index (κ2) is 8.56. The van der Waals surface area contributed by atoms with Crippen LogP contribution in [0.25, 0.3) is 0 Å². The zero-order chi connectivity index (χ0) is 20.4. The predicted octanol–water partition coefficient (Wildman–Crippen LogP) is 1.37. The smallest absolute Gasteiger partial charge is 0.249 e. The lowest BCUT2D eigenvalue weighted by molar-refractivity contribution is -0.168. The maximum absolute atomic E-state index is 12.5. The van der Waals surface area contributed by atoms with E-state index in [1.807, 2.05) is 24.3 Å². The molecule has 29 heavy (non-hydrogen) atoms. The van der Waals surface area contributed by atoms with E-state index in [0.29, 0.717) is 12.5 Å². The van der Waals surface area contributed by atoms with Crippen LogP contribution in [0, 0.1) is 17.8 Å². The van der Waals surface area contributed by atoms with Crippen LogP contribution in [0.5, 0.6) is 0 Å². The third kappa shape index (κ3) is 3.90. The van der Waals surface area contributed by atoms with Crippen LogP contribution in [0.1, 0.15) is 42.7 Å². The fourth-order valence-corrected chi connectivity index (χ4v) is 4.95. The summed E-state index contributed by atoms with van der Waals surface area (Å²) in [6.07, 6.45) is 4.97. The van der Waals surface area contributed by atoms with Crippen molar-refractivity contribution < 1.29 is 19.4 Å². The average Bonchev–Trinajstić information content (AvgIpc) is 3.22. The van der Waals surface area contributed by atoms with Crippen molar-refractivity contribution >= 4 is 11.8 Å². The van der Waals surface area contributed by atoms with E-state index in [9.17, 15) is 14.7 Å². The first kappa shape index (κ1) is 19.9. The highest BCUT2D eigenvalue weighted by Gasteiger charge is 2.54. The van der Waals surface area contributed by atoms with E-state index in [1.54, 1.807) is 9.80 Å². The minimum Gasteiger partial charge on any atom is -0.394 e. The van der Waals surface area contributed by atoms with Gasteiger partial charge in [0, 0.05) is 31.1 Å². The van der Waals surface area contributed by atoms with Gasteiger partial charge in [-0.25, -0.2) is 0 Å². The third-order valence-electron chi connectivity index (χ3n) is 6.44. The second-order valence-corrected chi connectivity index (χ2v) is 8.22. The lowest BCUT2D eigenvalue weighted by Gasteiger charge is -2.58. The van der Waals surface area contributed by atoms with Gasteiger partial charge in [-0.15, -0.1) is 0 Å². The summed E-state index contributed by atoms with van der Waals surface area (Å²) in [7, 11) is 1.47. The number of aliphatic hydroxyl groups is 1. The number of rotatable bonds is 4. The van der Waals surface area contributed by atoms with Crippen molar-refractivity contribution in [3.63, 3.8) is 0 Å². The Morgan fingerprint density at radius 2 is 1.97 bits per heavy atom. The molecule has 154 valence electrons. The van der Waals surface area contributed by atoms with Crippen molar-refractivity contribution in [1.29, 1.82) is 0 Å². The minimum absolute atomic E-state index is 0.0129. The molecule has 0 radical (unpaired) electrons. The van der Waals surface area contributed by atoms with Crippen molar-refractivity contribution in [2.75, 3.05) is 33.4 Å². The number of aliphatic hydroxyl groups excluding tert-OH is 1. The Labute approximate surface area is 171 Å². The molecule has 2 heterocycles. The summed E-state index contributed by atoms with van der Waals surface area (Å²) in [5.74, 6) is 6.91. The highest BCUT2D eigenvalue weighted by atomic mass is 16.5. The number of hydrogen-bond acceptors (Lipinski definition) is 4. The molecular formula is C23H28N2O4. The SMILES string of the molecule is COCC(=O)N1CC(=O)N2[C@H](CO)[C@H](c3ccc(C#CC4CCCC4)cc3)[C@H]2C1. The topological polar surface area (TPSA) is 70.1 Å². The fraction of sp³-hybridized carbons (Fsp3) is 0.565. The molecule has 1 aromatic carbocycles. The molecule has 3 fully saturated rings. The van der Waals surface area contributed by atoms with Crippen molar-refractivity contribution in [2.45, 2.75) is 43.7 Å². The van der Waals surface area contributed by atoms with Gasteiger partial charge in [-0.2, -0.15) is 0 Å². The standard InChI is InChI=1S/C23H28N2O4/c1-29-15-22(28)24-12-19-23(20(14-26)25(19)21(27)13-24)18-10-8-17(9-11-18)7-6-16-4-2-3-5-16/h8-11,16,19-20,23,26H,2-5,12-15H2,1H3/t19-,20-,23-/m1/s1. The minimum atomic E-state index is -0.234. The highest BCUT2D eigenvalue weighted by Crippen LogP contribution is 2.42. The number of ether oxygens (including phenoxy) is 1. The van der Waals surface area contributed by atoms with Gasteiger partial charge in [0.1, 0.15) is 6.61 Å². The Hall–Kier alpha value is -2.36. The lowest BCUT2D eigenvalue weighted by Crippen LogP contribution is -2.73. The van der Waals surface area contributed by atoms with Crippen LogP contribution in [0.2, 0.25) is 0 Å². The van der Waals surface area contributed by atoms with Gasteiger partial charge in [0.05, 0.1) is 25.2 Å². The summed E-state index contributed by atoms with van der Waals surface area (Å²) in [5, 5.41) is 9.88. The Kier molecular flexibility index (Phi) is 5.89. The first-order chi connectivity index (χ1) is 14.1. The summed E-state index contributed by atoms with van der Waals surface area (Å²) < 4.78 is 4.93. The van der Waals surface area contributed by atoms with Crippen molar-refractivity contribution in [1.82, 2.24) is 9.80 Å². The van der Waals surface area contributed by atoms with E-state index in [2.05, 4.69) is 11.8 Å². The van der Waals surface area contributed by atoms with E-state index in [1.165, 1.54) is 32.8 Å². The zero-order valence-electron chi connectivity index (χ0n) is 16.8. The molecule has 3 aliphatic rings. The van der Waals surface area contributed by atoms with Crippen molar-refractivity contribution in [3.8, 4) is 11.8 Å². The Morgan fingerprint density at radius 1 is 1.24 bits per heavy atom. The van der Waals surface area contributed by atoms with Gasteiger partial charge in [0.15, 0.2) is 0 Å². The third-order valence-corrected chi connectivity index (χ3v) is 6.44. The molecule has 1 N–H and O–H groups in total. The van der Waals surface area contributed by atoms with Crippen LogP contribution in [-0.2, 0) is 14.3 Å². The van der Waals surface area contributed by atoms with Gasteiger partial charge in [0.2, 0.25) is 11.8 Å². The summed E-state index contributed by atoms with van der Waals surface area (Å²) in [6.45, 7) is 0.417. The normalized spacial score (nSPS) is 26.6. The molecule has 3 atom stereocenters. The van der Waals surface area contributed by atoms with Gasteiger partial charge < -0.3 is 19.6 Å². The first-order valence-corrected chi connectivity index (χ1v) is 10.4. The zero-order valence-corrected chi connectivity index (χ0v) is 16.8. The Morgan fingerprint density at radius 3 is 2.62 bits per heavy atom. The molecule has 0 unspecified atom stereocenters. The van der Waals surface area contributed by atoms with Crippen molar-refractivity contribution in [3.05, 3.63) is 35.4 Å². The lowest BCUT2D eigenvalue weighted by atomic mass is 9.73. The van der Waals surface area contributed by atoms with E-state index < -0.39 is 0 Å². The molecule has 2 saturated heterocycles. The van der Waals surface area contributed by atoms with Gasteiger partial charge in [-0.05, 0) is 30.5 Å². The van der Waals surface area contributed by atoms with E-state index >= 15 is 0 Å². The van der Waals surface area contributed by atoms with Crippen LogP contribution < -0.4 is 0 Å². The Bertz CT molecular complexity index is 820. The van der Waals surface area contributed by atoms with Crippen LogP contribution in [-0.4, -0.2) is 72.2 Å². The summed E-state index contributed by atoms with van der Waals surface area (Å²) >= 11 is 0. The van der Waals surface area contributed by atoms with E-state index in [0.717, 1.165) is 11.1 Å². The molecular weight excluding hydrogens is 368 g/mol. The monoisotopic (exact) mass is 396 g/mol. The van der Waals surface area contributed by atoms with Crippen LogP contribution >= 0.6 is 0 Å². The number of carbonyl (C=O) groups excluding carboxylic acids is 2. The van der Waals surface area contributed by atoms with E-state index in [4.69, 9.17) is 4.74 Å². The molecule has 1 aliphatic carbocycles. The number of amides is 2. The molecule has 0 aromatic heterocycles. The molecule has 2 aliphatic heterocycles. The largest absolute Gasteiger partial charge is 0.394 e. The van der Waals surface area contributed by atoms with Crippen LogP contribution in [0.15, 0.2) is 24.3 Å². The second-order valence-electron chi connectivity index (χ2n) is 8.22. The quantitative estimate of drug-likeness (QED) is 0.781.